The minimum absolute atomic E-state index is 0.368. The first-order chi connectivity index (χ1) is 9.77. The number of rotatable bonds is 2. The highest BCUT2D eigenvalue weighted by Crippen LogP contribution is 2.37. The first-order valence-corrected chi connectivity index (χ1v) is 7.11. The van der Waals surface area contributed by atoms with E-state index in [9.17, 15) is 0 Å². The smallest absolute Gasteiger partial charge is 0.496 e. The van der Waals surface area contributed by atoms with Gasteiger partial charge in [-0.25, -0.2) is 0 Å². The van der Waals surface area contributed by atoms with Crippen molar-refractivity contribution in [3.63, 3.8) is 0 Å². The summed E-state index contributed by atoms with van der Waals surface area (Å²) in [6.45, 7) is 8.17. The van der Waals surface area contributed by atoms with Crippen LogP contribution in [0, 0.1) is 0 Å². The molecule has 0 bridgehead atoms. The maximum Gasteiger partial charge on any atom is 0.498 e. The van der Waals surface area contributed by atoms with Gasteiger partial charge < -0.3 is 14.0 Å². The molecule has 0 spiro atoms. The van der Waals surface area contributed by atoms with Crippen molar-refractivity contribution >= 4 is 23.5 Å². The van der Waals surface area contributed by atoms with E-state index >= 15 is 0 Å². The molecule has 0 saturated carbocycles. The van der Waals surface area contributed by atoms with Gasteiger partial charge in [-0.05, 0) is 33.8 Å². The van der Waals surface area contributed by atoms with E-state index in [-0.39, 0.29) is 11.2 Å². The molecule has 0 amide bonds. The third-order valence-corrected chi connectivity index (χ3v) is 4.62. The first kappa shape index (κ1) is 14.4. The number of nitrogens with zero attached hydrogens (tertiary/aromatic N) is 2. The van der Waals surface area contributed by atoms with Gasteiger partial charge in [0.05, 0.1) is 35.4 Å². The summed E-state index contributed by atoms with van der Waals surface area (Å²) < 4.78 is 19.7. The number of benzene rings is 1. The van der Waals surface area contributed by atoms with Gasteiger partial charge in [-0.15, -0.1) is 0 Å². The second-order valence-electron chi connectivity index (χ2n) is 6.48. The lowest BCUT2D eigenvalue weighted by Gasteiger charge is -2.32. The van der Waals surface area contributed by atoms with Crippen molar-refractivity contribution < 1.29 is 14.0 Å². The molecular weight excluding hydrogens is 267 g/mol. The monoisotopic (exact) mass is 288 g/mol. The van der Waals surface area contributed by atoms with Gasteiger partial charge in [-0.1, -0.05) is 6.07 Å². The Morgan fingerprint density at radius 2 is 1.76 bits per heavy atom. The number of hydrogen-bond acceptors (Lipinski definition) is 4. The maximum atomic E-state index is 6.12. The Morgan fingerprint density at radius 3 is 2.33 bits per heavy atom. The Hall–Kier alpha value is -1.53. The standard InChI is InChI=1S/C15H21BN2O3/c1-14(2)15(3,4)21-16(20-14)11-7-8-12-10(13(11)19-6)9-17-18(12)5/h7-9H,1-6H3. The highest BCUT2D eigenvalue weighted by Gasteiger charge is 2.52. The molecule has 1 saturated heterocycles. The molecule has 112 valence electrons. The fourth-order valence-corrected chi connectivity index (χ4v) is 2.60. The van der Waals surface area contributed by atoms with Crippen molar-refractivity contribution in [3.8, 4) is 5.75 Å². The third kappa shape index (κ3) is 2.05. The van der Waals surface area contributed by atoms with E-state index in [1.807, 2.05) is 57.8 Å². The van der Waals surface area contributed by atoms with E-state index in [4.69, 9.17) is 14.0 Å². The normalized spacial score (nSPS) is 20.2. The number of aromatic nitrogens is 2. The SMILES string of the molecule is COc1c(B2OC(C)(C)C(C)(C)O2)ccc2c1cnn2C. The van der Waals surface area contributed by atoms with E-state index < -0.39 is 7.12 Å². The predicted octanol–water partition coefficient (Wildman–Crippen LogP) is 1.88. The molecule has 0 atom stereocenters. The van der Waals surface area contributed by atoms with E-state index in [0.29, 0.717) is 0 Å². The number of methoxy groups -OCH3 is 1. The molecule has 21 heavy (non-hydrogen) atoms. The Kier molecular flexibility index (Phi) is 3.08. The molecular formula is C15H21BN2O3. The molecule has 5 nitrogen and oxygen atoms in total. The van der Waals surface area contributed by atoms with Crippen LogP contribution < -0.4 is 10.2 Å². The summed E-state index contributed by atoms with van der Waals surface area (Å²) in [5.74, 6) is 0.763. The average Bonchev–Trinajstić information content (AvgIpc) is 2.87. The zero-order chi connectivity index (χ0) is 15.4. The van der Waals surface area contributed by atoms with Gasteiger partial charge in [-0.2, -0.15) is 5.10 Å². The van der Waals surface area contributed by atoms with E-state index in [0.717, 1.165) is 22.1 Å². The quantitative estimate of drug-likeness (QED) is 0.792. The van der Waals surface area contributed by atoms with Gasteiger partial charge in [0.2, 0.25) is 0 Å². The van der Waals surface area contributed by atoms with Crippen LogP contribution in [0.3, 0.4) is 0 Å². The zero-order valence-corrected chi connectivity index (χ0v) is 13.4. The van der Waals surface area contributed by atoms with Gasteiger partial charge in [0.25, 0.3) is 0 Å². The lowest BCUT2D eigenvalue weighted by Crippen LogP contribution is -2.41. The molecule has 1 aliphatic heterocycles. The summed E-state index contributed by atoms with van der Waals surface area (Å²) in [7, 11) is 3.14. The average molecular weight is 288 g/mol. The number of ether oxygens (including phenoxy) is 1. The minimum atomic E-state index is -0.436. The van der Waals surface area contributed by atoms with Crippen molar-refractivity contribution in [3.05, 3.63) is 18.3 Å². The van der Waals surface area contributed by atoms with Crippen LogP contribution in [0.5, 0.6) is 5.75 Å². The van der Waals surface area contributed by atoms with Crippen LogP contribution in [0.4, 0.5) is 0 Å². The molecule has 0 radical (unpaired) electrons. The molecule has 0 aliphatic carbocycles. The van der Waals surface area contributed by atoms with Gasteiger partial charge in [0, 0.05) is 12.5 Å². The lowest BCUT2D eigenvalue weighted by molar-refractivity contribution is 0.00578. The number of fused-ring (bicyclic) bond motifs is 1. The molecule has 1 aromatic heterocycles. The molecule has 1 aromatic carbocycles. The van der Waals surface area contributed by atoms with Crippen LogP contribution in [0.25, 0.3) is 10.9 Å². The van der Waals surface area contributed by atoms with Crippen molar-refractivity contribution in [1.29, 1.82) is 0 Å². The second-order valence-corrected chi connectivity index (χ2v) is 6.48. The van der Waals surface area contributed by atoms with Crippen molar-refractivity contribution in [2.24, 2.45) is 7.05 Å². The zero-order valence-electron chi connectivity index (χ0n) is 13.4. The molecule has 6 heteroatoms. The van der Waals surface area contributed by atoms with Gasteiger partial charge in [0.1, 0.15) is 5.75 Å². The van der Waals surface area contributed by atoms with Crippen LogP contribution in [0.1, 0.15) is 27.7 Å². The second kappa shape index (κ2) is 4.48. The number of aryl methyl sites for hydroxylation is 1. The van der Waals surface area contributed by atoms with Crippen LogP contribution in [0.15, 0.2) is 18.3 Å². The van der Waals surface area contributed by atoms with E-state index in [2.05, 4.69) is 5.10 Å². The van der Waals surface area contributed by atoms with Crippen molar-refractivity contribution in [1.82, 2.24) is 9.78 Å². The minimum Gasteiger partial charge on any atom is -0.496 e. The Morgan fingerprint density at radius 1 is 1.14 bits per heavy atom. The number of hydrogen-bond donors (Lipinski definition) is 0. The van der Waals surface area contributed by atoms with Crippen LogP contribution in [-0.4, -0.2) is 35.2 Å². The van der Waals surface area contributed by atoms with E-state index in [1.165, 1.54) is 0 Å². The summed E-state index contributed by atoms with van der Waals surface area (Å²) in [5.41, 5.74) is 1.18. The maximum absolute atomic E-state index is 6.12. The van der Waals surface area contributed by atoms with Crippen molar-refractivity contribution in [2.75, 3.05) is 7.11 Å². The fourth-order valence-electron chi connectivity index (χ4n) is 2.60. The highest BCUT2D eigenvalue weighted by atomic mass is 16.7. The van der Waals surface area contributed by atoms with Gasteiger partial charge in [0.15, 0.2) is 0 Å². The largest absolute Gasteiger partial charge is 0.498 e. The molecule has 0 N–H and O–H groups in total. The molecule has 3 rings (SSSR count). The lowest BCUT2D eigenvalue weighted by atomic mass is 9.77. The summed E-state index contributed by atoms with van der Waals surface area (Å²) in [5, 5.41) is 5.25. The summed E-state index contributed by atoms with van der Waals surface area (Å²) >= 11 is 0. The van der Waals surface area contributed by atoms with Crippen LogP contribution >= 0.6 is 0 Å². The molecule has 2 heterocycles. The fraction of sp³-hybridized carbons (Fsp3) is 0.533. The molecule has 1 aliphatic rings. The van der Waals surface area contributed by atoms with Crippen LogP contribution in [-0.2, 0) is 16.4 Å². The predicted molar refractivity (Wildman–Crippen MR) is 83.0 cm³/mol. The highest BCUT2D eigenvalue weighted by molar-refractivity contribution is 6.63. The van der Waals surface area contributed by atoms with E-state index in [1.54, 1.807) is 7.11 Å². The summed E-state index contributed by atoms with van der Waals surface area (Å²) in [6, 6.07) is 4.01. The summed E-state index contributed by atoms with van der Waals surface area (Å²) in [4.78, 5) is 0. The summed E-state index contributed by atoms with van der Waals surface area (Å²) in [6.07, 6.45) is 1.81. The molecule has 2 aromatic rings. The topological polar surface area (TPSA) is 45.5 Å². The Bertz CT molecular complexity index is 678. The Balaban J connectivity index is 2.10. The van der Waals surface area contributed by atoms with Gasteiger partial charge >= 0.3 is 7.12 Å². The first-order valence-electron chi connectivity index (χ1n) is 7.11. The third-order valence-electron chi connectivity index (χ3n) is 4.62. The molecule has 1 fully saturated rings. The van der Waals surface area contributed by atoms with Crippen LogP contribution in [0.2, 0.25) is 0 Å². The van der Waals surface area contributed by atoms with Crippen molar-refractivity contribution in [2.45, 2.75) is 38.9 Å². The molecule has 0 unspecified atom stereocenters. The van der Waals surface area contributed by atoms with Gasteiger partial charge in [-0.3, -0.25) is 4.68 Å². The Labute approximate surface area is 125 Å².